The molecule has 0 radical (unpaired) electrons. The van der Waals surface area contributed by atoms with E-state index in [1.807, 2.05) is 24.3 Å². The van der Waals surface area contributed by atoms with E-state index in [-0.39, 0.29) is 12.1 Å². The minimum atomic E-state index is -4.56. The van der Waals surface area contributed by atoms with Gasteiger partial charge in [-0.3, -0.25) is 0 Å². The van der Waals surface area contributed by atoms with Crippen LogP contribution in [0.25, 0.3) is 16.9 Å². The van der Waals surface area contributed by atoms with Gasteiger partial charge in [-0.15, -0.1) is 0 Å². The summed E-state index contributed by atoms with van der Waals surface area (Å²) in [5, 5.41) is 2.46. The summed E-state index contributed by atoms with van der Waals surface area (Å²) in [6, 6.07) is 9.57. The van der Waals surface area contributed by atoms with E-state index in [1.54, 1.807) is 36.8 Å². The minimum Gasteiger partial charge on any atom is -0.478 e. The van der Waals surface area contributed by atoms with Crippen molar-refractivity contribution >= 4 is 11.7 Å². The fourth-order valence-corrected chi connectivity index (χ4v) is 4.35. The van der Waals surface area contributed by atoms with Gasteiger partial charge in [0.25, 0.3) is 5.88 Å². The molecule has 38 heavy (non-hydrogen) atoms. The number of rotatable bonds is 8. The molecule has 0 saturated heterocycles. The Morgan fingerprint density at radius 1 is 1.16 bits per heavy atom. The lowest BCUT2D eigenvalue weighted by Crippen LogP contribution is -2.43. The average Bonchev–Trinajstić information content (AvgIpc) is 3.36. The number of benzene rings is 2. The summed E-state index contributed by atoms with van der Waals surface area (Å²) in [5.41, 5.74) is 2.74. The van der Waals surface area contributed by atoms with Crippen LogP contribution < -0.4 is 10.1 Å². The summed E-state index contributed by atoms with van der Waals surface area (Å²) >= 11 is 0. The Bertz CT molecular complexity index is 1420. The van der Waals surface area contributed by atoms with Crippen molar-refractivity contribution in [3.8, 4) is 17.1 Å². The topological polar surface area (TPSA) is 71.8 Å². The Hall–Kier alpha value is -4.15. The molecule has 200 valence electrons. The number of nitrogens with one attached hydrogen (secondary N) is 1. The van der Waals surface area contributed by atoms with Gasteiger partial charge >= 0.3 is 12.2 Å². The second-order valence-corrected chi connectivity index (χ2v) is 8.76. The Morgan fingerprint density at radius 3 is 2.58 bits per heavy atom. The molecule has 0 bridgehead atoms. The number of aromatic nitrogens is 3. The van der Waals surface area contributed by atoms with Crippen molar-refractivity contribution in [2.45, 2.75) is 38.5 Å². The minimum absolute atomic E-state index is 0.0382. The molecule has 1 N–H and O–H groups in total. The Labute approximate surface area is 217 Å². The van der Waals surface area contributed by atoms with Gasteiger partial charge in [-0.2, -0.15) is 13.2 Å². The molecule has 11 heteroatoms. The van der Waals surface area contributed by atoms with Crippen LogP contribution in [-0.4, -0.2) is 45.1 Å². The number of hydrogen-bond acceptors (Lipinski definition) is 4. The molecule has 2 aromatic carbocycles. The van der Waals surface area contributed by atoms with Crippen molar-refractivity contribution in [1.82, 2.24) is 24.6 Å². The highest BCUT2D eigenvalue weighted by atomic mass is 19.4. The largest absolute Gasteiger partial charge is 0.478 e. The first kappa shape index (κ1) is 26.9. The van der Waals surface area contributed by atoms with Crippen molar-refractivity contribution < 1.29 is 27.1 Å². The quantitative estimate of drug-likeness (QED) is 0.271. The Morgan fingerprint density at radius 2 is 1.89 bits per heavy atom. The second-order valence-electron chi connectivity index (χ2n) is 8.76. The van der Waals surface area contributed by atoms with Crippen LogP contribution in [0.15, 0.2) is 67.1 Å². The first-order valence-corrected chi connectivity index (χ1v) is 12.0. The maximum atomic E-state index is 13.7. The summed E-state index contributed by atoms with van der Waals surface area (Å²) in [5.74, 6) is -0.325. The molecule has 1 unspecified atom stereocenters. The molecule has 0 saturated carbocycles. The van der Waals surface area contributed by atoms with Gasteiger partial charge in [-0.1, -0.05) is 30.3 Å². The molecule has 0 aliphatic rings. The van der Waals surface area contributed by atoms with Gasteiger partial charge < -0.3 is 19.4 Å². The molecular formula is C27H27F4N5O2. The van der Waals surface area contributed by atoms with Crippen molar-refractivity contribution in [2.75, 3.05) is 13.7 Å². The first-order valence-electron chi connectivity index (χ1n) is 12.0. The number of carbonyl (C=O) groups is 1. The van der Waals surface area contributed by atoms with E-state index in [4.69, 9.17) is 4.74 Å². The molecule has 7 nitrogen and oxygen atoms in total. The van der Waals surface area contributed by atoms with Gasteiger partial charge in [0.15, 0.2) is 5.65 Å². The zero-order valence-electron chi connectivity index (χ0n) is 21.0. The number of alkyl halides is 3. The van der Waals surface area contributed by atoms with Crippen molar-refractivity contribution in [3.63, 3.8) is 0 Å². The van der Waals surface area contributed by atoms with E-state index in [0.717, 1.165) is 23.3 Å². The zero-order valence-corrected chi connectivity index (χ0v) is 21.0. The van der Waals surface area contributed by atoms with E-state index in [2.05, 4.69) is 15.3 Å². The van der Waals surface area contributed by atoms with Gasteiger partial charge in [0, 0.05) is 30.7 Å². The standard InChI is InChI=1S/C27H27F4N5O2/c1-4-36(26(37)34-22(15-27(29,30)31)20-9-6-10-21(28)14-20)17(2)18-7-5-8-19(13-18)23-16-35-12-11-32-24(35)25(33-23)38-3/h5-14,16-17,22H,4,15H2,1-3H3,(H,34,37)/t17-,22?/m1/s1. The smallest absolute Gasteiger partial charge is 0.391 e. The highest BCUT2D eigenvalue weighted by Crippen LogP contribution is 2.31. The summed E-state index contributed by atoms with van der Waals surface area (Å²) < 4.78 is 60.8. The van der Waals surface area contributed by atoms with Crippen LogP contribution >= 0.6 is 0 Å². The molecule has 4 aromatic rings. The highest BCUT2D eigenvalue weighted by molar-refractivity contribution is 5.75. The number of amides is 2. The highest BCUT2D eigenvalue weighted by Gasteiger charge is 2.34. The van der Waals surface area contributed by atoms with Crippen LogP contribution in [0.2, 0.25) is 0 Å². The Kier molecular flexibility index (Phi) is 7.84. The number of fused-ring (bicyclic) bond motifs is 1. The molecule has 0 aliphatic heterocycles. The predicted octanol–water partition coefficient (Wildman–Crippen LogP) is 6.33. The number of nitrogens with zero attached hydrogens (tertiary/aromatic N) is 4. The number of carbonyl (C=O) groups excluding carboxylic acids is 1. The molecule has 0 spiro atoms. The van der Waals surface area contributed by atoms with E-state index in [1.165, 1.54) is 24.1 Å². The van der Waals surface area contributed by atoms with Crippen LogP contribution in [-0.2, 0) is 0 Å². The fraction of sp³-hybridized carbons (Fsp3) is 0.296. The first-order chi connectivity index (χ1) is 18.1. The molecule has 0 aliphatic carbocycles. The summed E-state index contributed by atoms with van der Waals surface area (Å²) in [6.07, 6.45) is -0.677. The molecular weight excluding hydrogens is 502 g/mol. The normalized spacial score (nSPS) is 13.2. The third kappa shape index (κ3) is 6.04. The average molecular weight is 530 g/mol. The maximum Gasteiger partial charge on any atom is 0.391 e. The van der Waals surface area contributed by atoms with Crippen molar-refractivity contribution in [2.24, 2.45) is 0 Å². The second kappa shape index (κ2) is 11.1. The number of methoxy groups -OCH3 is 1. The SMILES string of the molecule is CCN(C(=O)NC(CC(F)(F)F)c1cccc(F)c1)[C@H](C)c1cccc(-c2cn3ccnc3c(OC)n2)c1. The van der Waals surface area contributed by atoms with Crippen LogP contribution in [0.4, 0.5) is 22.4 Å². The van der Waals surface area contributed by atoms with Gasteiger partial charge in [0.05, 0.1) is 31.3 Å². The van der Waals surface area contributed by atoms with E-state index in [9.17, 15) is 22.4 Å². The third-order valence-corrected chi connectivity index (χ3v) is 6.25. The fourth-order valence-electron chi connectivity index (χ4n) is 4.35. The van der Waals surface area contributed by atoms with E-state index >= 15 is 0 Å². The summed E-state index contributed by atoms with van der Waals surface area (Å²) in [6.45, 7) is 3.75. The molecule has 2 atom stereocenters. The van der Waals surface area contributed by atoms with Crippen LogP contribution in [0, 0.1) is 5.82 Å². The van der Waals surface area contributed by atoms with Crippen LogP contribution in [0.1, 0.15) is 43.5 Å². The lowest BCUT2D eigenvalue weighted by Gasteiger charge is -2.31. The van der Waals surface area contributed by atoms with Gasteiger partial charge in [-0.05, 0) is 43.2 Å². The third-order valence-electron chi connectivity index (χ3n) is 6.25. The van der Waals surface area contributed by atoms with Crippen molar-refractivity contribution in [1.29, 1.82) is 0 Å². The predicted molar refractivity (Wildman–Crippen MR) is 134 cm³/mol. The Balaban J connectivity index is 1.59. The maximum absolute atomic E-state index is 13.7. The molecule has 2 aromatic heterocycles. The number of ether oxygens (including phenoxy) is 1. The van der Waals surface area contributed by atoms with Crippen molar-refractivity contribution in [3.05, 3.63) is 84.1 Å². The summed E-state index contributed by atoms with van der Waals surface area (Å²) in [4.78, 5) is 23.4. The molecule has 0 fully saturated rings. The number of hydrogen-bond donors (Lipinski definition) is 1. The van der Waals surface area contributed by atoms with Gasteiger partial charge in [0.2, 0.25) is 0 Å². The lowest BCUT2D eigenvalue weighted by molar-refractivity contribution is -0.139. The molecule has 4 rings (SSSR count). The number of urea groups is 1. The van der Waals surface area contributed by atoms with Crippen LogP contribution in [0.3, 0.4) is 0 Å². The lowest BCUT2D eigenvalue weighted by atomic mass is 10.0. The van der Waals surface area contributed by atoms with Crippen LogP contribution in [0.5, 0.6) is 5.88 Å². The zero-order chi connectivity index (χ0) is 27.4. The summed E-state index contributed by atoms with van der Waals surface area (Å²) in [7, 11) is 1.51. The van der Waals surface area contributed by atoms with E-state index < -0.39 is 36.5 Å². The molecule has 2 amide bonds. The monoisotopic (exact) mass is 529 g/mol. The number of halogens is 4. The van der Waals surface area contributed by atoms with E-state index in [0.29, 0.717) is 17.2 Å². The van der Waals surface area contributed by atoms with Gasteiger partial charge in [0.1, 0.15) is 5.82 Å². The molecule has 2 heterocycles. The van der Waals surface area contributed by atoms with Gasteiger partial charge in [-0.25, -0.2) is 19.2 Å². The number of imidazole rings is 1.